The Labute approximate surface area is 196 Å². The Morgan fingerprint density at radius 3 is 2.39 bits per heavy atom. The number of rotatable bonds is 9. The lowest BCUT2D eigenvalue weighted by Gasteiger charge is -2.11. The first-order valence-electron chi connectivity index (χ1n) is 10.1. The molecule has 3 rings (SSSR count). The molecule has 0 aliphatic carbocycles. The fraction of sp³-hybridized carbons (Fsp3) is 0.200. The Bertz CT molecular complexity index is 1170. The second kappa shape index (κ2) is 11.2. The van der Waals surface area contributed by atoms with Crippen LogP contribution < -0.4 is 19.5 Å². The first-order valence-corrected chi connectivity index (χ1v) is 11.0. The highest BCUT2D eigenvalue weighted by molar-refractivity contribution is 7.15. The van der Waals surface area contributed by atoms with Crippen LogP contribution >= 0.6 is 11.3 Å². The largest absolute Gasteiger partial charge is 0.496 e. The van der Waals surface area contributed by atoms with Crippen LogP contribution in [0.1, 0.15) is 22.8 Å². The van der Waals surface area contributed by atoms with E-state index < -0.39 is 5.97 Å². The molecule has 0 aliphatic heterocycles. The molecule has 7 nitrogen and oxygen atoms in total. The van der Waals surface area contributed by atoms with Crippen molar-refractivity contribution in [3.05, 3.63) is 65.0 Å². The number of methoxy groups -OCH3 is 3. The number of carbonyl (C=O) groups excluding carboxylic acids is 2. The third-order valence-electron chi connectivity index (χ3n) is 4.76. The number of benzene rings is 2. The van der Waals surface area contributed by atoms with E-state index >= 15 is 0 Å². The van der Waals surface area contributed by atoms with Gasteiger partial charge in [0.1, 0.15) is 16.3 Å². The minimum absolute atomic E-state index is 0.209. The van der Waals surface area contributed by atoms with Gasteiger partial charge in [-0.25, -0.2) is 4.79 Å². The summed E-state index contributed by atoms with van der Waals surface area (Å²) in [6, 6.07) is 12.7. The molecule has 33 heavy (non-hydrogen) atoms. The normalized spacial score (nSPS) is 10.7. The van der Waals surface area contributed by atoms with E-state index in [9.17, 15) is 9.59 Å². The first-order chi connectivity index (χ1) is 16.0. The van der Waals surface area contributed by atoms with Crippen molar-refractivity contribution < 1.29 is 28.5 Å². The van der Waals surface area contributed by atoms with Crippen LogP contribution in [0.2, 0.25) is 0 Å². The maximum absolute atomic E-state index is 12.8. The maximum Gasteiger partial charge on any atom is 0.341 e. The van der Waals surface area contributed by atoms with Crippen molar-refractivity contribution in [1.82, 2.24) is 0 Å². The summed E-state index contributed by atoms with van der Waals surface area (Å²) < 4.78 is 21.2. The van der Waals surface area contributed by atoms with E-state index in [1.54, 1.807) is 51.8 Å². The Balaban J connectivity index is 1.93. The Morgan fingerprint density at radius 1 is 0.970 bits per heavy atom. The molecule has 0 radical (unpaired) electrons. The lowest BCUT2D eigenvalue weighted by Crippen LogP contribution is -2.12. The standard InChI is InChI=1S/C25H25NO6S/c1-5-32-25(28)23-18(17-10-12-20(30-3)21(14-17)31-4)15-33-24(23)26-22(27)13-11-16-8-6-7-9-19(16)29-2/h6-15H,5H2,1-4H3,(H,26,27)/b13-11+. The molecule has 1 N–H and O–H groups in total. The van der Waals surface area contributed by atoms with Crippen molar-refractivity contribution in [2.24, 2.45) is 0 Å². The quantitative estimate of drug-likeness (QED) is 0.341. The zero-order valence-electron chi connectivity index (χ0n) is 18.8. The molecule has 2 aromatic carbocycles. The van der Waals surface area contributed by atoms with Gasteiger partial charge in [-0.15, -0.1) is 11.3 Å². The Kier molecular flexibility index (Phi) is 8.10. The summed E-state index contributed by atoms with van der Waals surface area (Å²) >= 11 is 1.24. The summed E-state index contributed by atoms with van der Waals surface area (Å²) in [5, 5.41) is 4.99. The molecular weight excluding hydrogens is 442 g/mol. The SMILES string of the molecule is CCOC(=O)c1c(-c2ccc(OC)c(OC)c2)csc1NC(=O)/C=C/c1ccccc1OC. The van der Waals surface area contributed by atoms with Crippen molar-refractivity contribution in [2.75, 3.05) is 33.3 Å². The number of ether oxygens (including phenoxy) is 4. The maximum atomic E-state index is 12.8. The zero-order valence-corrected chi connectivity index (χ0v) is 19.7. The molecule has 0 saturated heterocycles. The van der Waals surface area contributed by atoms with Gasteiger partial charge in [0.25, 0.3) is 0 Å². The third kappa shape index (κ3) is 5.53. The Hall–Kier alpha value is -3.78. The molecule has 172 valence electrons. The number of nitrogens with one attached hydrogen (secondary N) is 1. The van der Waals surface area contributed by atoms with Crippen LogP contribution in [-0.4, -0.2) is 39.8 Å². The number of amides is 1. The summed E-state index contributed by atoms with van der Waals surface area (Å²) in [6.07, 6.45) is 3.05. The summed E-state index contributed by atoms with van der Waals surface area (Å²) in [6.45, 7) is 1.94. The lowest BCUT2D eigenvalue weighted by atomic mass is 10.0. The van der Waals surface area contributed by atoms with Crippen molar-refractivity contribution in [2.45, 2.75) is 6.92 Å². The van der Waals surface area contributed by atoms with Gasteiger partial charge >= 0.3 is 5.97 Å². The number of hydrogen-bond acceptors (Lipinski definition) is 7. The molecule has 8 heteroatoms. The highest BCUT2D eigenvalue weighted by atomic mass is 32.1. The van der Waals surface area contributed by atoms with Crippen LogP contribution in [0.15, 0.2) is 53.9 Å². The molecule has 3 aromatic rings. The molecule has 0 saturated carbocycles. The zero-order chi connectivity index (χ0) is 23.8. The topological polar surface area (TPSA) is 83.1 Å². The summed E-state index contributed by atoms with van der Waals surface area (Å²) in [5.41, 5.74) is 2.41. The predicted molar refractivity (Wildman–Crippen MR) is 129 cm³/mol. The minimum atomic E-state index is -0.521. The average molecular weight is 468 g/mol. The van der Waals surface area contributed by atoms with Gasteiger partial charge in [-0.3, -0.25) is 4.79 Å². The van der Waals surface area contributed by atoms with Crippen molar-refractivity contribution >= 4 is 34.3 Å². The summed E-state index contributed by atoms with van der Waals surface area (Å²) in [5.74, 6) is 0.853. The van der Waals surface area contributed by atoms with Crippen LogP contribution in [0.3, 0.4) is 0 Å². The third-order valence-corrected chi connectivity index (χ3v) is 5.65. The van der Waals surface area contributed by atoms with Crippen LogP contribution in [-0.2, 0) is 9.53 Å². The average Bonchev–Trinajstić information content (AvgIpc) is 3.26. The second-order valence-corrected chi connectivity index (χ2v) is 7.59. The summed E-state index contributed by atoms with van der Waals surface area (Å²) in [4.78, 5) is 25.4. The van der Waals surface area contributed by atoms with E-state index in [1.807, 2.05) is 30.3 Å². The van der Waals surface area contributed by atoms with Crippen LogP contribution in [0, 0.1) is 0 Å². The molecule has 0 bridgehead atoms. The smallest absolute Gasteiger partial charge is 0.341 e. The van der Waals surface area contributed by atoms with Crippen LogP contribution in [0.25, 0.3) is 17.2 Å². The first kappa shape index (κ1) is 23.9. The van der Waals surface area contributed by atoms with Gasteiger partial charge in [-0.05, 0) is 36.8 Å². The van der Waals surface area contributed by atoms with Crippen LogP contribution in [0.4, 0.5) is 5.00 Å². The fourth-order valence-electron chi connectivity index (χ4n) is 3.20. The second-order valence-electron chi connectivity index (χ2n) is 6.71. The van der Waals surface area contributed by atoms with Gasteiger partial charge in [-0.1, -0.05) is 24.3 Å². The number of carbonyl (C=O) groups is 2. The van der Waals surface area contributed by atoms with Gasteiger partial charge in [0, 0.05) is 22.6 Å². The summed E-state index contributed by atoms with van der Waals surface area (Å²) in [7, 11) is 4.67. The predicted octanol–water partition coefficient (Wildman–Crippen LogP) is 5.27. The molecule has 0 atom stereocenters. The molecule has 0 aliphatic rings. The fourth-order valence-corrected chi connectivity index (χ4v) is 4.16. The van der Waals surface area contributed by atoms with E-state index in [0.717, 1.165) is 11.1 Å². The van der Waals surface area contributed by atoms with Gasteiger partial charge < -0.3 is 24.3 Å². The van der Waals surface area contributed by atoms with Crippen molar-refractivity contribution in [3.63, 3.8) is 0 Å². The number of anilines is 1. The molecule has 1 aromatic heterocycles. The number of hydrogen-bond donors (Lipinski definition) is 1. The molecular formula is C25H25NO6S. The van der Waals surface area contributed by atoms with Gasteiger partial charge in [0.05, 0.1) is 27.9 Å². The van der Waals surface area contributed by atoms with E-state index in [-0.39, 0.29) is 18.1 Å². The van der Waals surface area contributed by atoms with Gasteiger partial charge in [0.15, 0.2) is 11.5 Å². The molecule has 0 spiro atoms. The molecule has 1 heterocycles. The van der Waals surface area contributed by atoms with Crippen molar-refractivity contribution in [3.8, 4) is 28.4 Å². The van der Waals surface area contributed by atoms with E-state index in [1.165, 1.54) is 17.4 Å². The molecule has 0 fully saturated rings. The Morgan fingerprint density at radius 2 is 1.70 bits per heavy atom. The van der Waals surface area contributed by atoms with E-state index in [0.29, 0.717) is 27.8 Å². The molecule has 0 unspecified atom stereocenters. The highest BCUT2D eigenvalue weighted by Gasteiger charge is 2.23. The van der Waals surface area contributed by atoms with E-state index in [2.05, 4.69) is 5.32 Å². The monoisotopic (exact) mass is 467 g/mol. The number of para-hydroxylation sites is 1. The lowest BCUT2D eigenvalue weighted by molar-refractivity contribution is -0.111. The van der Waals surface area contributed by atoms with Crippen molar-refractivity contribution in [1.29, 1.82) is 0 Å². The molecule has 1 amide bonds. The van der Waals surface area contributed by atoms with Gasteiger partial charge in [-0.2, -0.15) is 0 Å². The van der Waals surface area contributed by atoms with Crippen LogP contribution in [0.5, 0.6) is 17.2 Å². The van der Waals surface area contributed by atoms with Gasteiger partial charge in [0.2, 0.25) is 5.91 Å². The minimum Gasteiger partial charge on any atom is -0.496 e. The highest BCUT2D eigenvalue weighted by Crippen LogP contribution is 2.39. The van der Waals surface area contributed by atoms with E-state index in [4.69, 9.17) is 18.9 Å². The number of thiophene rings is 1. The number of esters is 1.